The van der Waals surface area contributed by atoms with Crippen molar-refractivity contribution in [1.29, 1.82) is 0 Å². The number of esters is 1. The van der Waals surface area contributed by atoms with E-state index < -0.39 is 5.60 Å². The highest BCUT2D eigenvalue weighted by molar-refractivity contribution is 6.20. The van der Waals surface area contributed by atoms with Gasteiger partial charge in [0.1, 0.15) is 5.57 Å². The van der Waals surface area contributed by atoms with E-state index in [2.05, 4.69) is 6.07 Å². The van der Waals surface area contributed by atoms with Gasteiger partial charge in [-0.15, -0.1) is 0 Å². The average Bonchev–Trinajstić information content (AvgIpc) is 2.73. The van der Waals surface area contributed by atoms with E-state index in [4.69, 9.17) is 9.47 Å². The molecular weight excluding hydrogens is 264 g/mol. The first-order valence-corrected chi connectivity index (χ1v) is 7.67. The van der Waals surface area contributed by atoms with Crippen LogP contribution in [0.15, 0.2) is 24.0 Å². The Balaban J connectivity index is 2.15. The minimum Gasteiger partial charge on any atom is -0.496 e. The summed E-state index contributed by atoms with van der Waals surface area (Å²) in [5, 5.41) is 0. The van der Waals surface area contributed by atoms with Gasteiger partial charge in [0.15, 0.2) is 11.4 Å². The predicted molar refractivity (Wildman–Crippen MR) is 81.8 cm³/mol. The first kappa shape index (κ1) is 14.2. The van der Waals surface area contributed by atoms with Crippen molar-refractivity contribution >= 4 is 11.5 Å². The van der Waals surface area contributed by atoms with E-state index >= 15 is 0 Å². The van der Waals surface area contributed by atoms with Crippen molar-refractivity contribution in [2.45, 2.75) is 51.6 Å². The van der Waals surface area contributed by atoms with Gasteiger partial charge >= 0.3 is 5.97 Å². The van der Waals surface area contributed by atoms with E-state index in [-0.39, 0.29) is 5.97 Å². The number of methoxy groups -OCH3 is 1. The van der Waals surface area contributed by atoms with Crippen LogP contribution in [0.5, 0.6) is 0 Å². The van der Waals surface area contributed by atoms with E-state index in [1.54, 1.807) is 7.11 Å². The molecule has 3 heteroatoms. The van der Waals surface area contributed by atoms with Crippen LogP contribution in [-0.2, 0) is 14.3 Å². The molecule has 1 saturated carbocycles. The lowest BCUT2D eigenvalue weighted by Gasteiger charge is -2.33. The summed E-state index contributed by atoms with van der Waals surface area (Å²) in [5.41, 5.74) is 3.26. The number of rotatable bonds is 2. The van der Waals surface area contributed by atoms with Crippen LogP contribution in [0.3, 0.4) is 0 Å². The monoisotopic (exact) mass is 286 g/mol. The molecule has 1 aromatic carbocycles. The third kappa shape index (κ3) is 2.25. The zero-order chi connectivity index (χ0) is 15.0. The van der Waals surface area contributed by atoms with Crippen molar-refractivity contribution in [3.63, 3.8) is 0 Å². The third-order valence-corrected chi connectivity index (χ3v) is 4.66. The fourth-order valence-corrected chi connectivity index (χ4v) is 3.57. The molecule has 21 heavy (non-hydrogen) atoms. The van der Waals surface area contributed by atoms with Gasteiger partial charge in [0.05, 0.1) is 7.11 Å². The number of hydrogen-bond donors (Lipinski definition) is 0. The smallest absolute Gasteiger partial charge is 0.343 e. The second kappa shape index (κ2) is 5.21. The molecule has 1 spiro atoms. The van der Waals surface area contributed by atoms with Crippen molar-refractivity contribution in [3.8, 4) is 0 Å². The number of ether oxygens (including phenoxy) is 2. The Hall–Kier alpha value is -1.77. The van der Waals surface area contributed by atoms with Gasteiger partial charge in [-0.05, 0) is 50.7 Å². The number of carbonyl (C=O) groups excluding carboxylic acids is 1. The molecule has 0 aromatic heterocycles. The first-order chi connectivity index (χ1) is 10.1. The molecule has 112 valence electrons. The third-order valence-electron chi connectivity index (χ3n) is 4.66. The highest BCUT2D eigenvalue weighted by atomic mass is 16.6. The van der Waals surface area contributed by atoms with Gasteiger partial charge in [-0.2, -0.15) is 0 Å². The molecule has 0 saturated heterocycles. The van der Waals surface area contributed by atoms with Crippen molar-refractivity contribution in [2.24, 2.45) is 0 Å². The Labute approximate surface area is 125 Å². The Kier molecular flexibility index (Phi) is 3.52. The molecule has 3 nitrogen and oxygen atoms in total. The van der Waals surface area contributed by atoms with E-state index in [1.807, 2.05) is 26.0 Å². The molecule has 3 rings (SSSR count). The summed E-state index contributed by atoms with van der Waals surface area (Å²) in [6.07, 6.45) is 5.11. The second-order valence-electron chi connectivity index (χ2n) is 6.17. The Bertz CT molecular complexity index is 607. The Morgan fingerprint density at radius 2 is 1.86 bits per heavy atom. The summed E-state index contributed by atoms with van der Waals surface area (Å²) in [6, 6.07) is 6.15. The van der Waals surface area contributed by atoms with Gasteiger partial charge in [0, 0.05) is 0 Å². The minimum atomic E-state index is -0.518. The van der Waals surface area contributed by atoms with Gasteiger partial charge in [0.2, 0.25) is 0 Å². The summed E-state index contributed by atoms with van der Waals surface area (Å²) in [7, 11) is 1.65. The van der Waals surface area contributed by atoms with Crippen LogP contribution >= 0.6 is 0 Å². The summed E-state index contributed by atoms with van der Waals surface area (Å²) < 4.78 is 11.5. The van der Waals surface area contributed by atoms with Crippen LogP contribution in [0.25, 0.3) is 5.57 Å². The van der Waals surface area contributed by atoms with Crippen LogP contribution in [0.2, 0.25) is 0 Å². The lowest BCUT2D eigenvalue weighted by atomic mass is 9.82. The molecule has 0 amide bonds. The quantitative estimate of drug-likeness (QED) is 0.773. The highest BCUT2D eigenvalue weighted by Crippen LogP contribution is 2.47. The van der Waals surface area contributed by atoms with Crippen molar-refractivity contribution in [1.82, 2.24) is 0 Å². The lowest BCUT2D eigenvalue weighted by Crippen LogP contribution is -2.35. The SMILES string of the molecule is COC1=C(c2cc(C)ccc2C)C(=O)OC12CCCCC2. The minimum absolute atomic E-state index is 0.234. The molecule has 2 aliphatic rings. The van der Waals surface area contributed by atoms with E-state index in [1.165, 1.54) is 6.42 Å². The zero-order valence-electron chi connectivity index (χ0n) is 13.0. The molecule has 1 aliphatic carbocycles. The average molecular weight is 286 g/mol. The van der Waals surface area contributed by atoms with Crippen molar-refractivity contribution in [2.75, 3.05) is 7.11 Å². The largest absolute Gasteiger partial charge is 0.496 e. The molecule has 1 heterocycles. The number of carbonyl (C=O) groups is 1. The van der Waals surface area contributed by atoms with Gasteiger partial charge in [0.25, 0.3) is 0 Å². The van der Waals surface area contributed by atoms with Crippen LogP contribution < -0.4 is 0 Å². The second-order valence-corrected chi connectivity index (χ2v) is 6.17. The van der Waals surface area contributed by atoms with Gasteiger partial charge < -0.3 is 9.47 Å². The zero-order valence-corrected chi connectivity index (χ0v) is 13.0. The Morgan fingerprint density at radius 1 is 1.14 bits per heavy atom. The highest BCUT2D eigenvalue weighted by Gasteiger charge is 2.50. The lowest BCUT2D eigenvalue weighted by molar-refractivity contribution is -0.149. The number of benzene rings is 1. The maximum absolute atomic E-state index is 12.5. The van der Waals surface area contributed by atoms with E-state index in [9.17, 15) is 4.79 Å². The first-order valence-electron chi connectivity index (χ1n) is 7.67. The molecule has 0 unspecified atom stereocenters. The fraction of sp³-hybridized carbons (Fsp3) is 0.500. The number of hydrogen-bond acceptors (Lipinski definition) is 3. The van der Waals surface area contributed by atoms with E-state index in [0.29, 0.717) is 5.57 Å². The van der Waals surface area contributed by atoms with Crippen LogP contribution in [0.4, 0.5) is 0 Å². The standard InChI is InChI=1S/C18H22O3/c1-12-7-8-13(2)14(11-12)15-16(20-3)18(21-17(15)19)9-5-4-6-10-18/h7-8,11H,4-6,9-10H2,1-3H3. The maximum Gasteiger partial charge on any atom is 0.343 e. The molecule has 0 radical (unpaired) electrons. The molecule has 0 bridgehead atoms. The van der Waals surface area contributed by atoms with E-state index in [0.717, 1.165) is 48.1 Å². The normalized spacial score (nSPS) is 20.8. The summed E-state index contributed by atoms with van der Waals surface area (Å²) in [6.45, 7) is 4.06. The van der Waals surface area contributed by atoms with Gasteiger partial charge in [-0.1, -0.05) is 30.2 Å². The van der Waals surface area contributed by atoms with Crippen LogP contribution in [0.1, 0.15) is 48.8 Å². The maximum atomic E-state index is 12.5. The summed E-state index contributed by atoms with van der Waals surface area (Å²) in [4.78, 5) is 12.5. The predicted octanol–water partition coefficient (Wildman–Crippen LogP) is 3.92. The summed E-state index contributed by atoms with van der Waals surface area (Å²) in [5.74, 6) is 0.503. The van der Waals surface area contributed by atoms with Crippen LogP contribution in [-0.4, -0.2) is 18.7 Å². The molecule has 0 atom stereocenters. The molecular formula is C18H22O3. The number of aryl methyl sites for hydroxylation is 2. The molecule has 0 N–H and O–H groups in total. The van der Waals surface area contributed by atoms with Crippen LogP contribution in [0, 0.1) is 13.8 Å². The fourth-order valence-electron chi connectivity index (χ4n) is 3.57. The van der Waals surface area contributed by atoms with Gasteiger partial charge in [-0.3, -0.25) is 0 Å². The van der Waals surface area contributed by atoms with Crippen molar-refractivity contribution < 1.29 is 14.3 Å². The Morgan fingerprint density at radius 3 is 2.52 bits per heavy atom. The summed E-state index contributed by atoms with van der Waals surface area (Å²) >= 11 is 0. The topological polar surface area (TPSA) is 35.5 Å². The molecule has 1 aromatic rings. The molecule has 1 fully saturated rings. The van der Waals surface area contributed by atoms with Crippen molar-refractivity contribution in [3.05, 3.63) is 40.6 Å². The molecule has 1 aliphatic heterocycles. The van der Waals surface area contributed by atoms with Gasteiger partial charge in [-0.25, -0.2) is 4.79 Å².